The lowest BCUT2D eigenvalue weighted by molar-refractivity contribution is 0.0995. The number of primary amides is 1. The maximum atomic E-state index is 10.9. The van der Waals surface area contributed by atoms with E-state index in [-0.39, 0.29) is 11.8 Å². The van der Waals surface area contributed by atoms with Crippen molar-refractivity contribution in [2.45, 2.75) is 18.9 Å². The van der Waals surface area contributed by atoms with Gasteiger partial charge in [0.05, 0.1) is 10.6 Å². The molecule has 74 valence electrons. The standard InChI is InChI=1S/C9H9BrN2O2/c10-6-4-12-7(9(11)13)3-8(6)14-5-1-2-5/h3-5H,1-2H2,(H2,11,13). The van der Waals surface area contributed by atoms with Crippen LogP contribution < -0.4 is 10.5 Å². The van der Waals surface area contributed by atoms with Crippen LogP contribution in [0.15, 0.2) is 16.7 Å². The molecule has 1 aromatic rings. The van der Waals surface area contributed by atoms with Gasteiger partial charge in [-0.05, 0) is 28.8 Å². The average molecular weight is 257 g/mol. The van der Waals surface area contributed by atoms with Gasteiger partial charge in [0.2, 0.25) is 0 Å². The van der Waals surface area contributed by atoms with Crippen LogP contribution in [-0.4, -0.2) is 17.0 Å². The maximum Gasteiger partial charge on any atom is 0.267 e. The highest BCUT2D eigenvalue weighted by atomic mass is 79.9. The van der Waals surface area contributed by atoms with Crippen LogP contribution in [0.25, 0.3) is 0 Å². The van der Waals surface area contributed by atoms with Crippen LogP contribution in [0.1, 0.15) is 23.3 Å². The molecule has 0 unspecified atom stereocenters. The van der Waals surface area contributed by atoms with Crippen LogP contribution in [0.3, 0.4) is 0 Å². The van der Waals surface area contributed by atoms with Gasteiger partial charge in [0.25, 0.3) is 5.91 Å². The molecular formula is C9H9BrN2O2. The van der Waals surface area contributed by atoms with Crippen LogP contribution in [0.4, 0.5) is 0 Å². The molecular weight excluding hydrogens is 248 g/mol. The van der Waals surface area contributed by atoms with Crippen molar-refractivity contribution in [2.24, 2.45) is 5.73 Å². The summed E-state index contributed by atoms with van der Waals surface area (Å²) in [4.78, 5) is 14.7. The Morgan fingerprint density at radius 3 is 2.93 bits per heavy atom. The summed E-state index contributed by atoms with van der Waals surface area (Å²) in [5, 5.41) is 0. The summed E-state index contributed by atoms with van der Waals surface area (Å²) >= 11 is 3.30. The van der Waals surface area contributed by atoms with Crippen molar-refractivity contribution >= 4 is 21.8 Å². The Morgan fingerprint density at radius 1 is 1.64 bits per heavy atom. The molecule has 1 aliphatic carbocycles. The number of hydrogen-bond donors (Lipinski definition) is 1. The molecule has 1 heterocycles. The molecule has 1 amide bonds. The van der Waals surface area contributed by atoms with E-state index in [2.05, 4.69) is 20.9 Å². The fourth-order valence-electron chi connectivity index (χ4n) is 1.01. The van der Waals surface area contributed by atoms with E-state index < -0.39 is 5.91 Å². The van der Waals surface area contributed by atoms with E-state index in [0.717, 1.165) is 17.3 Å². The molecule has 0 aromatic carbocycles. The van der Waals surface area contributed by atoms with Crippen molar-refractivity contribution in [3.8, 4) is 5.75 Å². The molecule has 0 aliphatic heterocycles. The number of hydrogen-bond acceptors (Lipinski definition) is 3. The molecule has 0 radical (unpaired) electrons. The number of carbonyl (C=O) groups excluding carboxylic acids is 1. The monoisotopic (exact) mass is 256 g/mol. The Balaban J connectivity index is 2.26. The van der Waals surface area contributed by atoms with E-state index in [4.69, 9.17) is 10.5 Å². The molecule has 1 saturated carbocycles. The molecule has 2 rings (SSSR count). The molecule has 5 heteroatoms. The number of rotatable bonds is 3. The first-order valence-electron chi connectivity index (χ1n) is 4.29. The molecule has 0 spiro atoms. The van der Waals surface area contributed by atoms with Crippen molar-refractivity contribution in [3.63, 3.8) is 0 Å². The van der Waals surface area contributed by atoms with Gasteiger partial charge in [-0.3, -0.25) is 4.79 Å². The largest absolute Gasteiger partial charge is 0.489 e. The van der Waals surface area contributed by atoms with Gasteiger partial charge in [-0.25, -0.2) is 4.98 Å². The van der Waals surface area contributed by atoms with E-state index in [1.165, 1.54) is 6.20 Å². The van der Waals surface area contributed by atoms with Crippen LogP contribution in [0.2, 0.25) is 0 Å². The first-order valence-corrected chi connectivity index (χ1v) is 5.08. The zero-order chi connectivity index (χ0) is 10.1. The van der Waals surface area contributed by atoms with Gasteiger partial charge in [0, 0.05) is 12.3 Å². The second kappa shape index (κ2) is 3.57. The van der Waals surface area contributed by atoms with Gasteiger partial charge in [-0.1, -0.05) is 0 Å². The number of aromatic nitrogens is 1. The highest BCUT2D eigenvalue weighted by molar-refractivity contribution is 9.10. The Labute approximate surface area is 89.6 Å². The zero-order valence-electron chi connectivity index (χ0n) is 7.37. The highest BCUT2D eigenvalue weighted by Crippen LogP contribution is 2.31. The smallest absolute Gasteiger partial charge is 0.267 e. The molecule has 1 aromatic heterocycles. The van der Waals surface area contributed by atoms with Gasteiger partial charge in [-0.15, -0.1) is 0 Å². The van der Waals surface area contributed by atoms with E-state index in [1.807, 2.05) is 0 Å². The van der Waals surface area contributed by atoms with Crippen LogP contribution in [0.5, 0.6) is 5.75 Å². The van der Waals surface area contributed by atoms with Gasteiger partial charge < -0.3 is 10.5 Å². The van der Waals surface area contributed by atoms with Crippen LogP contribution in [-0.2, 0) is 0 Å². The number of halogens is 1. The van der Waals surface area contributed by atoms with Crippen LogP contribution in [0, 0.1) is 0 Å². The van der Waals surface area contributed by atoms with Crippen molar-refractivity contribution in [1.29, 1.82) is 0 Å². The highest BCUT2D eigenvalue weighted by Gasteiger charge is 2.24. The number of amides is 1. The van der Waals surface area contributed by atoms with E-state index >= 15 is 0 Å². The summed E-state index contributed by atoms with van der Waals surface area (Å²) in [6.45, 7) is 0. The van der Waals surface area contributed by atoms with E-state index in [0.29, 0.717) is 5.75 Å². The Morgan fingerprint density at radius 2 is 2.36 bits per heavy atom. The molecule has 14 heavy (non-hydrogen) atoms. The topological polar surface area (TPSA) is 65.2 Å². The van der Waals surface area contributed by atoms with Crippen molar-refractivity contribution < 1.29 is 9.53 Å². The summed E-state index contributed by atoms with van der Waals surface area (Å²) in [5.74, 6) is 0.0921. The van der Waals surface area contributed by atoms with Gasteiger partial charge in [0.15, 0.2) is 0 Å². The summed E-state index contributed by atoms with van der Waals surface area (Å²) in [6.07, 6.45) is 3.95. The van der Waals surface area contributed by atoms with E-state index in [9.17, 15) is 4.79 Å². The summed E-state index contributed by atoms with van der Waals surface area (Å²) < 4.78 is 6.30. The molecule has 1 fully saturated rings. The predicted molar refractivity (Wildman–Crippen MR) is 54.1 cm³/mol. The number of pyridine rings is 1. The SMILES string of the molecule is NC(=O)c1cc(OC2CC2)c(Br)cn1. The maximum absolute atomic E-state index is 10.9. The lowest BCUT2D eigenvalue weighted by Crippen LogP contribution is -2.13. The molecule has 4 nitrogen and oxygen atoms in total. The van der Waals surface area contributed by atoms with Crippen molar-refractivity contribution in [3.05, 3.63) is 22.4 Å². The molecule has 0 bridgehead atoms. The summed E-state index contributed by atoms with van der Waals surface area (Å²) in [5.41, 5.74) is 5.33. The van der Waals surface area contributed by atoms with Gasteiger partial charge in [0.1, 0.15) is 11.4 Å². The molecule has 0 saturated heterocycles. The quantitative estimate of drug-likeness (QED) is 0.891. The third kappa shape index (κ3) is 2.04. The van der Waals surface area contributed by atoms with Crippen molar-refractivity contribution in [1.82, 2.24) is 4.98 Å². The normalized spacial score (nSPS) is 15.2. The molecule has 0 atom stereocenters. The second-order valence-electron chi connectivity index (χ2n) is 3.18. The molecule has 2 N–H and O–H groups in total. The molecule has 1 aliphatic rings. The predicted octanol–water partition coefficient (Wildman–Crippen LogP) is 1.48. The number of nitrogens with two attached hydrogens (primary N) is 1. The lowest BCUT2D eigenvalue weighted by Gasteiger charge is -2.06. The Hall–Kier alpha value is -1.10. The number of nitrogens with zero attached hydrogens (tertiary/aromatic N) is 1. The third-order valence-corrected chi connectivity index (χ3v) is 2.49. The first-order chi connectivity index (χ1) is 6.66. The average Bonchev–Trinajstić information content (AvgIpc) is 2.92. The minimum Gasteiger partial charge on any atom is -0.489 e. The van der Waals surface area contributed by atoms with Gasteiger partial charge in [-0.2, -0.15) is 0 Å². The zero-order valence-corrected chi connectivity index (χ0v) is 8.95. The van der Waals surface area contributed by atoms with Gasteiger partial charge >= 0.3 is 0 Å². The van der Waals surface area contributed by atoms with Crippen LogP contribution >= 0.6 is 15.9 Å². The number of carbonyl (C=O) groups is 1. The minimum absolute atomic E-state index is 0.226. The Bertz CT molecular complexity index is 377. The van der Waals surface area contributed by atoms with E-state index in [1.54, 1.807) is 6.07 Å². The van der Waals surface area contributed by atoms with Crippen molar-refractivity contribution in [2.75, 3.05) is 0 Å². The first kappa shape index (κ1) is 9.45. The minimum atomic E-state index is -0.543. The fraction of sp³-hybridized carbons (Fsp3) is 0.333. The fourth-order valence-corrected chi connectivity index (χ4v) is 1.32. The summed E-state index contributed by atoms with van der Waals surface area (Å²) in [6, 6.07) is 1.56. The third-order valence-electron chi connectivity index (χ3n) is 1.89. The number of ether oxygens (including phenoxy) is 1. The lowest BCUT2D eigenvalue weighted by atomic mass is 10.3. The Kier molecular flexibility index (Phi) is 2.41. The summed E-state index contributed by atoms with van der Waals surface area (Å²) in [7, 11) is 0. The second-order valence-corrected chi connectivity index (χ2v) is 4.04.